The Balaban J connectivity index is 0.00000300. The van der Waals surface area contributed by atoms with Crippen LogP contribution in [0.3, 0.4) is 0 Å². The molecule has 3 aromatic carbocycles. The van der Waals surface area contributed by atoms with Crippen LogP contribution in [0.4, 0.5) is 0 Å². The third kappa shape index (κ3) is 6.52. The lowest BCUT2D eigenvalue weighted by molar-refractivity contribution is -0.143. The molecule has 0 aliphatic rings. The molecule has 0 aliphatic carbocycles. The Morgan fingerprint density at radius 1 is 0.862 bits per heavy atom. The smallest absolute Gasteiger partial charge is 0.307 e. The summed E-state index contributed by atoms with van der Waals surface area (Å²) < 4.78 is 17.0. The second-order valence-corrected chi connectivity index (χ2v) is 6.15. The van der Waals surface area contributed by atoms with Crippen LogP contribution in [0.2, 0.25) is 0 Å². The second-order valence-electron chi connectivity index (χ2n) is 6.15. The summed E-state index contributed by atoms with van der Waals surface area (Å²) in [5, 5.41) is 0. The summed E-state index contributed by atoms with van der Waals surface area (Å²) in [5.74, 6) is 2.12. The number of nitrogens with two attached hydrogens (primary N) is 1. The largest absolute Gasteiger partial charge is 0.466 e. The zero-order valence-corrected chi connectivity index (χ0v) is 16.9. The van der Waals surface area contributed by atoms with Gasteiger partial charge in [0, 0.05) is 6.04 Å². The molecule has 0 bridgehead atoms. The number of halogens is 1. The fraction of sp³-hybridized carbons (Fsp3) is 0.174. The van der Waals surface area contributed by atoms with E-state index in [4.69, 9.17) is 19.9 Å². The highest BCUT2D eigenvalue weighted by Crippen LogP contribution is 2.37. The topological polar surface area (TPSA) is 70.8 Å². The average molecular weight is 414 g/mol. The molecule has 0 fully saturated rings. The fourth-order valence-electron chi connectivity index (χ4n) is 2.67. The van der Waals surface area contributed by atoms with E-state index in [9.17, 15) is 4.79 Å². The van der Waals surface area contributed by atoms with Gasteiger partial charge in [0.25, 0.3) is 0 Å². The van der Waals surface area contributed by atoms with Crippen molar-refractivity contribution in [2.24, 2.45) is 5.73 Å². The summed E-state index contributed by atoms with van der Waals surface area (Å²) in [4.78, 5) is 11.8. The molecule has 0 saturated heterocycles. The van der Waals surface area contributed by atoms with Gasteiger partial charge >= 0.3 is 5.97 Å². The number of benzene rings is 3. The van der Waals surface area contributed by atoms with E-state index in [2.05, 4.69) is 0 Å². The average Bonchev–Trinajstić information content (AvgIpc) is 2.71. The molecule has 0 aromatic heterocycles. The van der Waals surface area contributed by atoms with Gasteiger partial charge in [-0.05, 0) is 48.9 Å². The molecule has 29 heavy (non-hydrogen) atoms. The normalized spacial score (nSPS) is 11.1. The number of para-hydroxylation sites is 2. The third-order valence-electron chi connectivity index (χ3n) is 4.03. The number of rotatable bonds is 8. The molecule has 2 N–H and O–H groups in total. The van der Waals surface area contributed by atoms with E-state index in [0.717, 1.165) is 5.56 Å². The molecule has 0 amide bonds. The van der Waals surface area contributed by atoms with Crippen LogP contribution >= 0.6 is 12.4 Å². The SMILES string of the molecule is CCOC(=O)C[C@@H](N)c1ccc(Oc2ccccc2)c(Oc2ccccc2)c1.Cl. The van der Waals surface area contributed by atoms with Crippen molar-refractivity contribution in [3.05, 3.63) is 84.4 Å². The fourth-order valence-corrected chi connectivity index (χ4v) is 2.67. The maximum Gasteiger partial charge on any atom is 0.307 e. The Kier molecular flexibility index (Phi) is 8.52. The summed E-state index contributed by atoms with van der Waals surface area (Å²) in [6.45, 7) is 2.10. The predicted octanol–water partition coefficient (Wildman–Crippen LogP) is 5.65. The number of carbonyl (C=O) groups is 1. The number of hydrogen-bond donors (Lipinski definition) is 1. The van der Waals surface area contributed by atoms with Crippen molar-refractivity contribution in [1.29, 1.82) is 0 Å². The predicted molar refractivity (Wildman–Crippen MR) is 115 cm³/mol. The molecule has 0 unspecified atom stereocenters. The van der Waals surface area contributed by atoms with Gasteiger partial charge in [0.05, 0.1) is 13.0 Å². The molecule has 0 aliphatic heterocycles. The van der Waals surface area contributed by atoms with Crippen LogP contribution in [0.1, 0.15) is 24.9 Å². The lowest BCUT2D eigenvalue weighted by Gasteiger charge is -2.16. The Hall–Kier alpha value is -3.02. The van der Waals surface area contributed by atoms with E-state index in [1.807, 2.05) is 66.7 Å². The van der Waals surface area contributed by atoms with Crippen LogP contribution in [-0.2, 0) is 9.53 Å². The van der Waals surface area contributed by atoms with Crippen molar-refractivity contribution in [2.45, 2.75) is 19.4 Å². The first-order valence-corrected chi connectivity index (χ1v) is 9.16. The van der Waals surface area contributed by atoms with Gasteiger partial charge in [-0.2, -0.15) is 0 Å². The molecule has 0 saturated carbocycles. The van der Waals surface area contributed by atoms with Gasteiger partial charge in [-0.25, -0.2) is 0 Å². The van der Waals surface area contributed by atoms with Gasteiger partial charge in [0.15, 0.2) is 11.5 Å². The number of esters is 1. The summed E-state index contributed by atoms with van der Waals surface area (Å²) in [6.07, 6.45) is 0.0947. The van der Waals surface area contributed by atoms with Crippen LogP contribution in [-0.4, -0.2) is 12.6 Å². The van der Waals surface area contributed by atoms with Gasteiger partial charge < -0.3 is 19.9 Å². The first kappa shape index (κ1) is 22.3. The minimum atomic E-state index is -0.497. The van der Waals surface area contributed by atoms with E-state index >= 15 is 0 Å². The molecular weight excluding hydrogens is 390 g/mol. The van der Waals surface area contributed by atoms with Crippen LogP contribution in [0.15, 0.2) is 78.9 Å². The third-order valence-corrected chi connectivity index (χ3v) is 4.03. The summed E-state index contributed by atoms with van der Waals surface area (Å²) >= 11 is 0. The lowest BCUT2D eigenvalue weighted by Crippen LogP contribution is -2.17. The van der Waals surface area contributed by atoms with E-state index in [1.165, 1.54) is 0 Å². The Bertz CT molecular complexity index is 903. The number of hydrogen-bond acceptors (Lipinski definition) is 5. The Labute approximate surface area is 176 Å². The van der Waals surface area contributed by atoms with Gasteiger partial charge in [0.2, 0.25) is 0 Å². The zero-order valence-electron chi connectivity index (χ0n) is 16.1. The molecular formula is C23H24ClNO4. The van der Waals surface area contributed by atoms with E-state index in [1.54, 1.807) is 19.1 Å². The zero-order chi connectivity index (χ0) is 19.8. The van der Waals surface area contributed by atoms with Crippen LogP contribution < -0.4 is 15.2 Å². The van der Waals surface area contributed by atoms with Crippen molar-refractivity contribution in [2.75, 3.05) is 6.61 Å². The molecule has 0 radical (unpaired) electrons. The molecule has 6 heteroatoms. The highest BCUT2D eigenvalue weighted by molar-refractivity contribution is 5.85. The summed E-state index contributed by atoms with van der Waals surface area (Å²) in [7, 11) is 0. The quantitative estimate of drug-likeness (QED) is 0.483. The van der Waals surface area contributed by atoms with Crippen LogP contribution in [0, 0.1) is 0 Å². The molecule has 0 heterocycles. The maximum atomic E-state index is 11.8. The standard InChI is InChI=1S/C23H23NO4.ClH/c1-2-26-23(25)16-20(24)17-13-14-21(27-18-9-5-3-6-10-18)22(15-17)28-19-11-7-4-8-12-19;/h3-15,20H,2,16,24H2,1H3;1H/t20-;/m1./s1. The van der Waals surface area contributed by atoms with Gasteiger partial charge in [-0.1, -0.05) is 42.5 Å². The van der Waals surface area contributed by atoms with Crippen LogP contribution in [0.25, 0.3) is 0 Å². The van der Waals surface area contributed by atoms with Crippen molar-refractivity contribution in [3.8, 4) is 23.0 Å². The van der Waals surface area contributed by atoms with Crippen molar-refractivity contribution in [3.63, 3.8) is 0 Å². The molecule has 152 valence electrons. The first-order valence-electron chi connectivity index (χ1n) is 9.16. The van der Waals surface area contributed by atoms with E-state index < -0.39 is 6.04 Å². The van der Waals surface area contributed by atoms with Gasteiger partial charge in [-0.15, -0.1) is 12.4 Å². The lowest BCUT2D eigenvalue weighted by atomic mass is 10.0. The molecule has 1 atom stereocenters. The van der Waals surface area contributed by atoms with Gasteiger partial charge in [-0.3, -0.25) is 4.79 Å². The summed E-state index contributed by atoms with van der Waals surface area (Å²) in [5.41, 5.74) is 6.96. The monoisotopic (exact) mass is 413 g/mol. The van der Waals surface area contributed by atoms with E-state index in [-0.39, 0.29) is 24.8 Å². The Morgan fingerprint density at radius 2 is 1.41 bits per heavy atom. The molecule has 3 aromatic rings. The van der Waals surface area contributed by atoms with Crippen molar-refractivity contribution >= 4 is 18.4 Å². The molecule has 5 nitrogen and oxygen atoms in total. The van der Waals surface area contributed by atoms with Crippen molar-refractivity contribution < 1.29 is 19.0 Å². The minimum absolute atomic E-state index is 0. The maximum absolute atomic E-state index is 11.8. The molecule has 0 spiro atoms. The number of ether oxygens (including phenoxy) is 3. The minimum Gasteiger partial charge on any atom is -0.466 e. The van der Waals surface area contributed by atoms with Crippen molar-refractivity contribution in [1.82, 2.24) is 0 Å². The van der Waals surface area contributed by atoms with Crippen LogP contribution in [0.5, 0.6) is 23.0 Å². The number of carbonyl (C=O) groups excluding carboxylic acids is 1. The van der Waals surface area contributed by atoms with Gasteiger partial charge in [0.1, 0.15) is 11.5 Å². The highest BCUT2D eigenvalue weighted by atomic mass is 35.5. The summed E-state index contributed by atoms with van der Waals surface area (Å²) in [6, 6.07) is 23.8. The highest BCUT2D eigenvalue weighted by Gasteiger charge is 2.16. The first-order chi connectivity index (χ1) is 13.7. The van der Waals surface area contributed by atoms with E-state index in [0.29, 0.717) is 29.6 Å². The molecule has 3 rings (SSSR count). The second kappa shape index (κ2) is 11.1. The Morgan fingerprint density at radius 3 is 1.97 bits per heavy atom.